The van der Waals surface area contributed by atoms with E-state index in [1.807, 2.05) is 51.6 Å². The summed E-state index contributed by atoms with van der Waals surface area (Å²) in [5.41, 5.74) is 2.22. The van der Waals surface area contributed by atoms with Crippen molar-refractivity contribution in [1.82, 2.24) is 4.90 Å². The fourth-order valence-corrected chi connectivity index (χ4v) is 5.26. The van der Waals surface area contributed by atoms with Gasteiger partial charge < -0.3 is 24.8 Å². The van der Waals surface area contributed by atoms with E-state index in [-0.39, 0.29) is 17.2 Å². The zero-order valence-electron chi connectivity index (χ0n) is 20.2. The summed E-state index contributed by atoms with van der Waals surface area (Å²) in [6.45, 7) is 4.90. The lowest BCUT2D eigenvalue weighted by molar-refractivity contribution is -0.384. The van der Waals surface area contributed by atoms with Crippen molar-refractivity contribution < 1.29 is 19.2 Å². The summed E-state index contributed by atoms with van der Waals surface area (Å²) in [5.74, 6) is -0.337. The first-order valence-electron chi connectivity index (χ1n) is 12.1. The minimum atomic E-state index is -0.454. The van der Waals surface area contributed by atoms with E-state index >= 15 is 0 Å². The Morgan fingerprint density at radius 1 is 0.919 bits per heavy atom. The van der Waals surface area contributed by atoms with E-state index in [9.17, 15) is 19.7 Å². The highest BCUT2D eigenvalue weighted by Crippen LogP contribution is 2.30. The second-order valence-electron chi connectivity index (χ2n) is 8.82. The van der Waals surface area contributed by atoms with Crippen molar-refractivity contribution in [2.24, 2.45) is 0 Å². The van der Waals surface area contributed by atoms with Crippen molar-refractivity contribution in [2.45, 2.75) is 0 Å². The number of carbonyl (C=O) groups excluding carboxylic acids is 2. The van der Waals surface area contributed by atoms with E-state index in [4.69, 9.17) is 4.74 Å². The molecule has 37 heavy (non-hydrogen) atoms. The molecule has 1 N–H and O–H groups in total. The predicted octanol–water partition coefficient (Wildman–Crippen LogP) is 3.71. The number of hydrogen-bond donors (Lipinski definition) is 1. The summed E-state index contributed by atoms with van der Waals surface area (Å²) >= 11 is 1.46. The van der Waals surface area contributed by atoms with Gasteiger partial charge in [0.05, 0.1) is 23.0 Å². The van der Waals surface area contributed by atoms with Gasteiger partial charge in [-0.25, -0.2) is 0 Å². The highest BCUT2D eigenvalue weighted by Gasteiger charge is 2.24. The SMILES string of the molecule is O=C(Nc1ccc(N2CCN(C(=O)c3cccs3)CC2)cc1)c1ccc(N2CCOCC2)c([N+](=O)[O-])c1. The van der Waals surface area contributed by atoms with Crippen LogP contribution >= 0.6 is 11.3 Å². The Kier molecular flexibility index (Phi) is 7.33. The van der Waals surface area contributed by atoms with Crippen molar-refractivity contribution in [3.8, 4) is 0 Å². The Bertz CT molecular complexity index is 1270. The van der Waals surface area contributed by atoms with Crippen LogP contribution in [0.4, 0.5) is 22.7 Å². The van der Waals surface area contributed by atoms with Gasteiger partial charge in [-0.3, -0.25) is 19.7 Å². The number of piperazine rings is 1. The van der Waals surface area contributed by atoms with Crippen molar-refractivity contribution >= 4 is 45.9 Å². The van der Waals surface area contributed by atoms with Crippen molar-refractivity contribution in [2.75, 3.05) is 67.6 Å². The monoisotopic (exact) mass is 521 g/mol. The van der Waals surface area contributed by atoms with E-state index in [2.05, 4.69) is 10.2 Å². The fraction of sp³-hybridized carbons (Fsp3) is 0.308. The molecule has 0 unspecified atom stereocenters. The van der Waals surface area contributed by atoms with Gasteiger partial charge in [0, 0.05) is 62.3 Å². The normalized spacial score (nSPS) is 15.9. The minimum absolute atomic E-state index is 0.0749. The Hall–Kier alpha value is -3.96. The average Bonchev–Trinajstić information content (AvgIpc) is 3.48. The van der Waals surface area contributed by atoms with Crippen molar-refractivity contribution in [3.05, 3.63) is 80.5 Å². The molecule has 0 radical (unpaired) electrons. The van der Waals surface area contributed by atoms with E-state index in [1.165, 1.54) is 17.4 Å². The molecule has 0 atom stereocenters. The fourth-order valence-electron chi connectivity index (χ4n) is 4.57. The summed E-state index contributed by atoms with van der Waals surface area (Å²) in [4.78, 5) is 43.4. The lowest BCUT2D eigenvalue weighted by atomic mass is 10.1. The van der Waals surface area contributed by atoms with Crippen LogP contribution in [-0.4, -0.2) is 74.1 Å². The summed E-state index contributed by atoms with van der Waals surface area (Å²) in [5, 5.41) is 16.4. The van der Waals surface area contributed by atoms with Crippen LogP contribution in [0.3, 0.4) is 0 Å². The summed E-state index contributed by atoms with van der Waals surface area (Å²) in [6, 6.07) is 15.8. The minimum Gasteiger partial charge on any atom is -0.378 e. The molecule has 1 aromatic heterocycles. The molecule has 2 aliphatic rings. The number of ether oxygens (including phenoxy) is 1. The number of nitrogens with zero attached hydrogens (tertiary/aromatic N) is 4. The van der Waals surface area contributed by atoms with Gasteiger partial charge in [0.15, 0.2) is 0 Å². The molecule has 10 nitrogen and oxygen atoms in total. The van der Waals surface area contributed by atoms with Gasteiger partial charge in [0.1, 0.15) is 5.69 Å². The molecule has 0 aliphatic carbocycles. The summed E-state index contributed by atoms with van der Waals surface area (Å²) < 4.78 is 5.33. The number of hydrogen-bond acceptors (Lipinski definition) is 8. The highest BCUT2D eigenvalue weighted by atomic mass is 32.1. The van der Waals surface area contributed by atoms with Crippen LogP contribution in [0.15, 0.2) is 60.0 Å². The first kappa shape index (κ1) is 24.7. The number of nitro benzene ring substituents is 1. The van der Waals surface area contributed by atoms with Crippen molar-refractivity contribution in [1.29, 1.82) is 0 Å². The average molecular weight is 522 g/mol. The smallest absolute Gasteiger partial charge is 0.293 e. The maximum absolute atomic E-state index is 12.8. The number of amides is 2. The predicted molar refractivity (Wildman–Crippen MR) is 143 cm³/mol. The van der Waals surface area contributed by atoms with Gasteiger partial charge >= 0.3 is 0 Å². The van der Waals surface area contributed by atoms with Gasteiger partial charge in [-0.1, -0.05) is 6.07 Å². The van der Waals surface area contributed by atoms with Gasteiger partial charge in [-0.2, -0.15) is 0 Å². The number of nitro groups is 1. The lowest BCUT2D eigenvalue weighted by Gasteiger charge is -2.36. The standard InChI is InChI=1S/C26H27N5O5S/c32-25(19-3-8-22(23(18-19)31(34)35)29-13-15-36-16-14-29)27-20-4-6-21(7-5-20)28-9-11-30(12-10-28)26(33)24-2-1-17-37-24/h1-8,17-18H,9-16H2,(H,27,32). The molecule has 2 aliphatic heterocycles. The number of benzene rings is 2. The molecule has 192 valence electrons. The summed E-state index contributed by atoms with van der Waals surface area (Å²) in [6.07, 6.45) is 0. The molecule has 11 heteroatoms. The van der Waals surface area contributed by atoms with Crippen LogP contribution in [0.2, 0.25) is 0 Å². The summed E-state index contributed by atoms with van der Waals surface area (Å²) in [7, 11) is 0. The maximum Gasteiger partial charge on any atom is 0.293 e. The molecule has 2 fully saturated rings. The Balaban J connectivity index is 1.20. The van der Waals surface area contributed by atoms with Gasteiger partial charge in [-0.15, -0.1) is 11.3 Å². The van der Waals surface area contributed by atoms with Crippen LogP contribution in [0, 0.1) is 10.1 Å². The highest BCUT2D eigenvalue weighted by molar-refractivity contribution is 7.12. The molecule has 0 bridgehead atoms. The van der Waals surface area contributed by atoms with E-state index in [1.54, 1.807) is 12.1 Å². The number of thiophene rings is 1. The third-order valence-electron chi connectivity index (χ3n) is 6.58. The van der Waals surface area contributed by atoms with Gasteiger partial charge in [0.2, 0.25) is 0 Å². The zero-order chi connectivity index (χ0) is 25.8. The zero-order valence-corrected chi connectivity index (χ0v) is 21.0. The molecule has 2 saturated heterocycles. The molecule has 0 spiro atoms. The Labute approximate surface area is 218 Å². The van der Waals surface area contributed by atoms with E-state index in [0.29, 0.717) is 50.8 Å². The molecule has 2 amide bonds. The van der Waals surface area contributed by atoms with Gasteiger partial charge in [0.25, 0.3) is 17.5 Å². The van der Waals surface area contributed by atoms with E-state index < -0.39 is 10.8 Å². The first-order valence-corrected chi connectivity index (χ1v) is 13.0. The second-order valence-corrected chi connectivity index (χ2v) is 9.77. The maximum atomic E-state index is 12.8. The first-order chi connectivity index (χ1) is 18.0. The number of rotatable bonds is 6. The number of nitrogens with one attached hydrogen (secondary N) is 1. The van der Waals surface area contributed by atoms with Crippen LogP contribution < -0.4 is 15.1 Å². The van der Waals surface area contributed by atoms with Crippen LogP contribution in [0.5, 0.6) is 0 Å². The number of anilines is 3. The van der Waals surface area contributed by atoms with Crippen LogP contribution in [-0.2, 0) is 4.74 Å². The molecule has 3 heterocycles. The molecule has 5 rings (SSSR count). The number of morpholine rings is 1. The van der Waals surface area contributed by atoms with Crippen LogP contribution in [0.1, 0.15) is 20.0 Å². The second kappa shape index (κ2) is 11.0. The third kappa shape index (κ3) is 5.57. The Morgan fingerprint density at radius 3 is 2.30 bits per heavy atom. The lowest BCUT2D eigenvalue weighted by Crippen LogP contribution is -2.48. The third-order valence-corrected chi connectivity index (χ3v) is 7.43. The Morgan fingerprint density at radius 2 is 1.65 bits per heavy atom. The van der Waals surface area contributed by atoms with Crippen molar-refractivity contribution in [3.63, 3.8) is 0 Å². The molecular weight excluding hydrogens is 494 g/mol. The quantitative estimate of drug-likeness (QED) is 0.389. The topological polar surface area (TPSA) is 108 Å². The largest absolute Gasteiger partial charge is 0.378 e. The van der Waals surface area contributed by atoms with E-state index in [0.717, 1.165) is 23.7 Å². The molecule has 0 saturated carbocycles. The molecular formula is C26H27N5O5S. The van der Waals surface area contributed by atoms with Crippen LogP contribution in [0.25, 0.3) is 0 Å². The molecule has 3 aromatic rings. The molecule has 2 aromatic carbocycles. The number of carbonyl (C=O) groups is 2. The van der Waals surface area contributed by atoms with Gasteiger partial charge in [-0.05, 0) is 47.8 Å².